The van der Waals surface area contributed by atoms with Crippen LogP contribution in [-0.4, -0.2) is 32.4 Å². The van der Waals surface area contributed by atoms with E-state index in [4.69, 9.17) is 5.11 Å². The van der Waals surface area contributed by atoms with Crippen molar-refractivity contribution in [1.82, 2.24) is 4.72 Å². The van der Waals surface area contributed by atoms with E-state index >= 15 is 0 Å². The number of nitrogens with one attached hydrogen (secondary N) is 1. The van der Waals surface area contributed by atoms with Gasteiger partial charge in [-0.05, 0) is 31.1 Å². The molecule has 17 heavy (non-hydrogen) atoms. The summed E-state index contributed by atoms with van der Waals surface area (Å²) >= 11 is 0. The fourth-order valence-corrected chi connectivity index (χ4v) is 3.89. The molecule has 1 aliphatic carbocycles. The van der Waals surface area contributed by atoms with E-state index in [-0.39, 0.29) is 17.8 Å². The summed E-state index contributed by atoms with van der Waals surface area (Å²) in [7, 11) is -3.12. The Balaban J connectivity index is 2.46. The quantitative estimate of drug-likeness (QED) is 0.700. The highest BCUT2D eigenvalue weighted by Crippen LogP contribution is 2.40. The maximum Gasteiger partial charge on any atom is 0.211 e. The number of unbranched alkanes of at least 4 members (excludes halogenated alkanes) is 1. The molecular weight excluding hydrogens is 238 g/mol. The Bertz CT molecular complexity index is 308. The van der Waals surface area contributed by atoms with Crippen LogP contribution in [0.2, 0.25) is 0 Å². The normalized spacial score (nSPS) is 19.6. The first-order valence-electron chi connectivity index (χ1n) is 6.62. The van der Waals surface area contributed by atoms with Crippen molar-refractivity contribution < 1.29 is 13.5 Å². The number of sulfonamides is 1. The van der Waals surface area contributed by atoms with E-state index in [2.05, 4.69) is 4.72 Å². The van der Waals surface area contributed by atoms with Crippen LogP contribution in [0, 0.1) is 5.41 Å². The van der Waals surface area contributed by atoms with Crippen LogP contribution >= 0.6 is 0 Å². The van der Waals surface area contributed by atoms with Gasteiger partial charge >= 0.3 is 0 Å². The molecule has 0 aromatic heterocycles. The van der Waals surface area contributed by atoms with Crippen molar-refractivity contribution in [1.29, 1.82) is 0 Å². The Morgan fingerprint density at radius 3 is 2.47 bits per heavy atom. The van der Waals surface area contributed by atoms with Gasteiger partial charge in [0.05, 0.1) is 5.75 Å². The Morgan fingerprint density at radius 1 is 1.29 bits per heavy atom. The Kier molecular flexibility index (Phi) is 5.89. The summed E-state index contributed by atoms with van der Waals surface area (Å²) in [6, 6.07) is 0. The molecule has 0 spiro atoms. The zero-order valence-corrected chi connectivity index (χ0v) is 11.6. The molecule has 4 nitrogen and oxygen atoms in total. The third-order valence-corrected chi connectivity index (χ3v) is 5.15. The molecule has 1 aliphatic rings. The average molecular weight is 263 g/mol. The summed E-state index contributed by atoms with van der Waals surface area (Å²) < 4.78 is 26.2. The Labute approximate surface area is 105 Å². The summed E-state index contributed by atoms with van der Waals surface area (Å²) in [6.45, 7) is 2.63. The second-order valence-corrected chi connectivity index (χ2v) is 7.10. The first-order valence-corrected chi connectivity index (χ1v) is 8.27. The van der Waals surface area contributed by atoms with E-state index < -0.39 is 10.0 Å². The SMILES string of the molecule is CCCCS(=O)(=O)NCC1(CCO)CCCC1. The second kappa shape index (κ2) is 6.71. The number of hydrogen-bond acceptors (Lipinski definition) is 3. The number of hydrogen-bond donors (Lipinski definition) is 2. The highest BCUT2D eigenvalue weighted by atomic mass is 32.2. The number of rotatable bonds is 8. The van der Waals surface area contributed by atoms with Crippen LogP contribution in [-0.2, 0) is 10.0 Å². The highest BCUT2D eigenvalue weighted by molar-refractivity contribution is 7.89. The van der Waals surface area contributed by atoms with Crippen molar-refractivity contribution in [3.05, 3.63) is 0 Å². The zero-order chi connectivity index (χ0) is 12.8. The summed E-state index contributed by atoms with van der Waals surface area (Å²) in [5, 5.41) is 9.09. The molecule has 0 saturated heterocycles. The molecule has 2 N–H and O–H groups in total. The standard InChI is InChI=1S/C12H25NO3S/c1-2-3-10-17(15,16)13-11-12(8-9-14)6-4-5-7-12/h13-14H,2-11H2,1H3. The first-order chi connectivity index (χ1) is 8.04. The predicted octanol–water partition coefficient (Wildman–Crippen LogP) is 1.65. The molecule has 1 fully saturated rings. The maximum absolute atomic E-state index is 11.7. The van der Waals surface area contributed by atoms with E-state index in [1.165, 1.54) is 0 Å². The zero-order valence-electron chi connectivity index (χ0n) is 10.7. The van der Waals surface area contributed by atoms with E-state index in [0.717, 1.165) is 32.1 Å². The van der Waals surface area contributed by atoms with Crippen LogP contribution in [0.25, 0.3) is 0 Å². The van der Waals surface area contributed by atoms with Crippen LogP contribution in [0.1, 0.15) is 51.9 Å². The lowest BCUT2D eigenvalue weighted by atomic mass is 9.83. The summed E-state index contributed by atoms with van der Waals surface area (Å²) in [4.78, 5) is 0. The van der Waals surface area contributed by atoms with Crippen molar-refractivity contribution >= 4 is 10.0 Å². The molecule has 0 aromatic carbocycles. The van der Waals surface area contributed by atoms with E-state index in [0.29, 0.717) is 19.4 Å². The lowest BCUT2D eigenvalue weighted by Crippen LogP contribution is -2.37. The van der Waals surface area contributed by atoms with Crippen LogP contribution in [0.15, 0.2) is 0 Å². The third kappa shape index (κ3) is 4.94. The van der Waals surface area contributed by atoms with Crippen molar-refractivity contribution in [3.8, 4) is 0 Å². The first kappa shape index (κ1) is 14.9. The van der Waals surface area contributed by atoms with Crippen LogP contribution in [0.3, 0.4) is 0 Å². The molecule has 0 radical (unpaired) electrons. The van der Waals surface area contributed by atoms with E-state index in [1.54, 1.807) is 0 Å². The summed E-state index contributed by atoms with van der Waals surface area (Å²) in [6.07, 6.45) is 6.68. The molecule has 0 aliphatic heterocycles. The van der Waals surface area contributed by atoms with Gasteiger partial charge in [-0.15, -0.1) is 0 Å². The maximum atomic E-state index is 11.7. The van der Waals surface area contributed by atoms with E-state index in [9.17, 15) is 8.42 Å². The minimum atomic E-state index is -3.12. The lowest BCUT2D eigenvalue weighted by Gasteiger charge is -2.28. The third-order valence-electron chi connectivity index (χ3n) is 3.74. The summed E-state index contributed by atoms with van der Waals surface area (Å²) in [5.74, 6) is 0.221. The highest BCUT2D eigenvalue weighted by Gasteiger charge is 2.34. The molecule has 0 amide bonds. The molecular formula is C12H25NO3S. The molecule has 1 rings (SSSR count). The van der Waals surface area contributed by atoms with Crippen molar-refractivity contribution in [2.75, 3.05) is 18.9 Å². The molecule has 0 aromatic rings. The monoisotopic (exact) mass is 263 g/mol. The van der Waals surface area contributed by atoms with Crippen molar-refractivity contribution in [2.24, 2.45) is 5.41 Å². The average Bonchev–Trinajstić information content (AvgIpc) is 2.74. The topological polar surface area (TPSA) is 66.4 Å². The minimum Gasteiger partial charge on any atom is -0.396 e. The molecule has 5 heteroatoms. The van der Waals surface area contributed by atoms with Gasteiger partial charge in [0, 0.05) is 13.2 Å². The Hall–Kier alpha value is -0.130. The van der Waals surface area contributed by atoms with Crippen LogP contribution in [0.4, 0.5) is 0 Å². The number of aliphatic hydroxyl groups is 1. The van der Waals surface area contributed by atoms with Gasteiger partial charge in [0.1, 0.15) is 0 Å². The van der Waals surface area contributed by atoms with Gasteiger partial charge in [0.2, 0.25) is 10.0 Å². The van der Waals surface area contributed by atoms with Gasteiger partial charge in [0.25, 0.3) is 0 Å². The summed E-state index contributed by atoms with van der Waals surface area (Å²) in [5.41, 5.74) is 0.00797. The molecule has 0 heterocycles. The Morgan fingerprint density at radius 2 is 1.94 bits per heavy atom. The predicted molar refractivity (Wildman–Crippen MR) is 69.3 cm³/mol. The fraction of sp³-hybridized carbons (Fsp3) is 1.00. The fourth-order valence-electron chi connectivity index (χ4n) is 2.55. The van der Waals surface area contributed by atoms with Gasteiger partial charge < -0.3 is 5.11 Å². The van der Waals surface area contributed by atoms with Crippen LogP contribution in [0.5, 0.6) is 0 Å². The van der Waals surface area contributed by atoms with Gasteiger partial charge in [0.15, 0.2) is 0 Å². The largest absolute Gasteiger partial charge is 0.396 e. The molecule has 0 atom stereocenters. The second-order valence-electron chi connectivity index (χ2n) is 5.17. The molecule has 1 saturated carbocycles. The van der Waals surface area contributed by atoms with Crippen LogP contribution < -0.4 is 4.72 Å². The molecule has 0 unspecified atom stereocenters. The van der Waals surface area contributed by atoms with Crippen molar-refractivity contribution in [2.45, 2.75) is 51.9 Å². The van der Waals surface area contributed by atoms with Crippen molar-refractivity contribution in [3.63, 3.8) is 0 Å². The number of aliphatic hydroxyl groups excluding tert-OH is 1. The van der Waals surface area contributed by atoms with Gasteiger partial charge in [-0.2, -0.15) is 0 Å². The molecule has 102 valence electrons. The minimum absolute atomic E-state index is 0.00797. The van der Waals surface area contributed by atoms with Gasteiger partial charge in [-0.25, -0.2) is 13.1 Å². The van der Waals surface area contributed by atoms with Gasteiger partial charge in [-0.3, -0.25) is 0 Å². The van der Waals surface area contributed by atoms with Gasteiger partial charge in [-0.1, -0.05) is 26.2 Å². The lowest BCUT2D eigenvalue weighted by molar-refractivity contribution is 0.186. The smallest absolute Gasteiger partial charge is 0.211 e. The molecule has 0 bridgehead atoms. The van der Waals surface area contributed by atoms with E-state index in [1.807, 2.05) is 6.92 Å².